The van der Waals surface area contributed by atoms with Crippen LogP contribution in [-0.2, 0) is 16.6 Å². The molecule has 1 aliphatic rings. The minimum Gasteiger partial charge on any atom is -0.352 e. The molecule has 0 radical (unpaired) electrons. The lowest BCUT2D eigenvalue weighted by molar-refractivity contribution is 0.597. The van der Waals surface area contributed by atoms with Gasteiger partial charge in [0.15, 0.2) is 5.96 Å². The maximum atomic E-state index is 11.1. The minimum absolute atomic E-state index is 0.121. The van der Waals surface area contributed by atoms with Gasteiger partial charge in [0.25, 0.3) is 0 Å². The lowest BCUT2D eigenvalue weighted by atomic mass is 10.2. The summed E-state index contributed by atoms with van der Waals surface area (Å²) in [6.07, 6.45) is 0. The summed E-state index contributed by atoms with van der Waals surface area (Å²) in [7, 11) is -3.61. The molecule has 1 aromatic carbocycles. The number of nitrogens with zero attached hydrogens (tertiary/aromatic N) is 1. The molecule has 18 heavy (non-hydrogen) atoms. The summed E-state index contributed by atoms with van der Waals surface area (Å²) in [4.78, 5) is 4.39. The van der Waals surface area contributed by atoms with Crippen molar-refractivity contribution < 1.29 is 8.42 Å². The maximum absolute atomic E-state index is 11.1. The second-order valence-corrected chi connectivity index (χ2v) is 5.84. The Labute approximate surface area is 106 Å². The van der Waals surface area contributed by atoms with Gasteiger partial charge in [-0.2, -0.15) is 0 Å². The van der Waals surface area contributed by atoms with Gasteiger partial charge in [-0.25, -0.2) is 13.6 Å². The first-order valence-electron chi connectivity index (χ1n) is 5.62. The molecule has 0 spiro atoms. The smallest absolute Gasteiger partial charge is 0.238 e. The predicted molar refractivity (Wildman–Crippen MR) is 69.6 cm³/mol. The van der Waals surface area contributed by atoms with E-state index in [4.69, 9.17) is 5.14 Å². The third kappa shape index (κ3) is 3.21. The number of nitrogens with one attached hydrogen (secondary N) is 2. The summed E-state index contributed by atoms with van der Waals surface area (Å²) >= 11 is 0. The normalized spacial score (nSPS) is 19.2. The first-order chi connectivity index (χ1) is 8.45. The van der Waals surface area contributed by atoms with Crippen molar-refractivity contribution in [3.8, 4) is 0 Å². The minimum atomic E-state index is -3.61. The molecule has 0 bridgehead atoms. The molecule has 4 N–H and O–H groups in total. The average Bonchev–Trinajstić information content (AvgIpc) is 2.72. The maximum Gasteiger partial charge on any atom is 0.238 e. The molecule has 0 fully saturated rings. The number of aliphatic imine (C=N–C) groups is 1. The van der Waals surface area contributed by atoms with Gasteiger partial charge in [0.1, 0.15) is 0 Å². The molecule has 1 heterocycles. The van der Waals surface area contributed by atoms with Gasteiger partial charge in [0.2, 0.25) is 10.0 Å². The second-order valence-electron chi connectivity index (χ2n) is 4.28. The number of sulfonamides is 1. The van der Waals surface area contributed by atoms with Gasteiger partial charge in [-0.05, 0) is 24.6 Å². The summed E-state index contributed by atoms with van der Waals surface area (Å²) in [6.45, 7) is 3.41. The van der Waals surface area contributed by atoms with Crippen molar-refractivity contribution in [2.24, 2.45) is 10.1 Å². The van der Waals surface area contributed by atoms with Crippen LogP contribution in [-0.4, -0.2) is 27.0 Å². The van der Waals surface area contributed by atoms with Crippen molar-refractivity contribution in [3.05, 3.63) is 29.8 Å². The highest BCUT2D eigenvalue weighted by atomic mass is 32.2. The van der Waals surface area contributed by atoms with E-state index in [-0.39, 0.29) is 4.90 Å². The first kappa shape index (κ1) is 12.8. The van der Waals surface area contributed by atoms with E-state index < -0.39 is 10.0 Å². The summed E-state index contributed by atoms with van der Waals surface area (Å²) in [5.41, 5.74) is 0.964. The van der Waals surface area contributed by atoms with Crippen molar-refractivity contribution in [3.63, 3.8) is 0 Å². The Balaban J connectivity index is 1.95. The van der Waals surface area contributed by atoms with Crippen LogP contribution in [0.2, 0.25) is 0 Å². The molecule has 1 aliphatic heterocycles. The van der Waals surface area contributed by atoms with Gasteiger partial charge in [-0.1, -0.05) is 12.1 Å². The van der Waals surface area contributed by atoms with Crippen molar-refractivity contribution >= 4 is 16.0 Å². The molecule has 0 aliphatic carbocycles. The predicted octanol–water partition coefficient (Wildman–Crippen LogP) is -0.229. The number of rotatable bonds is 3. The third-order valence-electron chi connectivity index (χ3n) is 2.62. The standard InChI is InChI=1S/C11H16N4O2S/c1-8-6-13-11(15-8)14-7-9-2-4-10(5-3-9)18(12,16)17/h2-5,8H,6-7H2,1H3,(H2,12,16,17)(H2,13,14,15). The lowest BCUT2D eigenvalue weighted by Crippen LogP contribution is -2.37. The largest absolute Gasteiger partial charge is 0.352 e. The Kier molecular flexibility index (Phi) is 3.53. The van der Waals surface area contributed by atoms with E-state index in [0.717, 1.165) is 18.1 Å². The highest BCUT2D eigenvalue weighted by molar-refractivity contribution is 7.89. The van der Waals surface area contributed by atoms with Gasteiger partial charge >= 0.3 is 0 Å². The van der Waals surface area contributed by atoms with Gasteiger partial charge in [-0.3, -0.25) is 4.99 Å². The fourth-order valence-corrected chi connectivity index (χ4v) is 2.16. The van der Waals surface area contributed by atoms with Crippen molar-refractivity contribution in [2.45, 2.75) is 24.4 Å². The number of primary sulfonamides is 1. The fraction of sp³-hybridized carbons (Fsp3) is 0.364. The Morgan fingerprint density at radius 2 is 2.11 bits per heavy atom. The van der Waals surface area contributed by atoms with E-state index in [1.54, 1.807) is 12.1 Å². The number of hydrogen-bond acceptors (Lipinski definition) is 5. The van der Waals surface area contributed by atoms with Crippen LogP contribution in [0.15, 0.2) is 34.2 Å². The Hall–Kier alpha value is -1.60. The number of hydrogen-bond donors (Lipinski definition) is 3. The molecule has 7 heteroatoms. The van der Waals surface area contributed by atoms with E-state index in [1.807, 2.05) is 0 Å². The van der Waals surface area contributed by atoms with E-state index in [2.05, 4.69) is 22.5 Å². The zero-order valence-electron chi connectivity index (χ0n) is 10.1. The van der Waals surface area contributed by atoms with Crippen LogP contribution in [0.25, 0.3) is 0 Å². The van der Waals surface area contributed by atoms with Gasteiger partial charge in [0, 0.05) is 12.6 Å². The number of benzene rings is 1. The van der Waals surface area contributed by atoms with Crippen molar-refractivity contribution in [1.29, 1.82) is 0 Å². The molecule has 2 rings (SSSR count). The summed E-state index contributed by atoms with van der Waals surface area (Å²) < 4.78 is 22.2. The first-order valence-corrected chi connectivity index (χ1v) is 7.16. The Bertz CT molecular complexity index is 551. The zero-order valence-corrected chi connectivity index (χ0v) is 10.9. The molecular formula is C11H16N4O2S. The van der Waals surface area contributed by atoms with E-state index in [1.165, 1.54) is 12.1 Å². The highest BCUT2D eigenvalue weighted by Gasteiger charge is 2.11. The Morgan fingerprint density at radius 1 is 1.44 bits per heavy atom. The fourth-order valence-electron chi connectivity index (χ4n) is 1.64. The molecule has 1 atom stereocenters. The topological polar surface area (TPSA) is 96.6 Å². The second kappa shape index (κ2) is 4.95. The van der Waals surface area contributed by atoms with Crippen LogP contribution in [0.4, 0.5) is 0 Å². The molecule has 1 aromatic rings. The molecule has 1 unspecified atom stereocenters. The molecule has 0 saturated heterocycles. The summed E-state index contributed by atoms with van der Waals surface area (Å²) in [5, 5.41) is 11.4. The zero-order chi connectivity index (χ0) is 13.2. The van der Waals surface area contributed by atoms with E-state index >= 15 is 0 Å². The van der Waals surface area contributed by atoms with Crippen LogP contribution in [0.5, 0.6) is 0 Å². The lowest BCUT2D eigenvalue weighted by Gasteiger charge is -2.09. The van der Waals surface area contributed by atoms with Gasteiger partial charge in [-0.15, -0.1) is 0 Å². The summed E-state index contributed by atoms with van der Waals surface area (Å²) in [5.74, 6) is 0.776. The SMILES string of the molecule is CC1CN=C(NCc2ccc(S(N)(=O)=O)cc2)N1. The van der Waals surface area contributed by atoms with Crippen LogP contribution in [0.1, 0.15) is 12.5 Å². The Morgan fingerprint density at radius 3 is 2.61 bits per heavy atom. The molecule has 0 amide bonds. The third-order valence-corrected chi connectivity index (χ3v) is 3.55. The highest BCUT2D eigenvalue weighted by Crippen LogP contribution is 2.08. The summed E-state index contributed by atoms with van der Waals surface area (Å²) in [6, 6.07) is 6.81. The molecule has 98 valence electrons. The van der Waals surface area contributed by atoms with Crippen LogP contribution < -0.4 is 15.8 Å². The quantitative estimate of drug-likeness (QED) is 0.705. The van der Waals surface area contributed by atoms with E-state index in [9.17, 15) is 8.42 Å². The molecule has 0 saturated carbocycles. The van der Waals surface area contributed by atoms with Gasteiger partial charge in [0.05, 0.1) is 11.4 Å². The number of nitrogens with two attached hydrogens (primary N) is 1. The molecule has 0 aromatic heterocycles. The average molecular weight is 268 g/mol. The van der Waals surface area contributed by atoms with Crippen molar-refractivity contribution in [1.82, 2.24) is 10.6 Å². The van der Waals surface area contributed by atoms with Gasteiger partial charge < -0.3 is 10.6 Å². The van der Waals surface area contributed by atoms with Crippen LogP contribution >= 0.6 is 0 Å². The van der Waals surface area contributed by atoms with Crippen molar-refractivity contribution in [2.75, 3.05) is 6.54 Å². The molecule has 6 nitrogen and oxygen atoms in total. The van der Waals surface area contributed by atoms with Crippen LogP contribution in [0, 0.1) is 0 Å². The van der Waals surface area contributed by atoms with E-state index in [0.29, 0.717) is 12.6 Å². The molecular weight excluding hydrogens is 252 g/mol. The monoisotopic (exact) mass is 268 g/mol. The van der Waals surface area contributed by atoms with Crippen LogP contribution in [0.3, 0.4) is 0 Å². The number of guanidine groups is 1.